The van der Waals surface area contributed by atoms with E-state index >= 15 is 0 Å². The van der Waals surface area contributed by atoms with Crippen LogP contribution in [0.25, 0.3) is 10.8 Å². The second-order valence-corrected chi connectivity index (χ2v) is 7.63. The molecule has 0 spiro atoms. The molecule has 6 nitrogen and oxygen atoms in total. The Morgan fingerprint density at radius 3 is 2.90 bits per heavy atom. The molecule has 1 fully saturated rings. The highest BCUT2D eigenvalue weighted by molar-refractivity contribution is 5.99. The Morgan fingerprint density at radius 2 is 2.07 bits per heavy atom. The van der Waals surface area contributed by atoms with E-state index in [1.54, 1.807) is 12.3 Å². The summed E-state index contributed by atoms with van der Waals surface area (Å²) in [5, 5.41) is 4.35. The van der Waals surface area contributed by atoms with E-state index in [4.69, 9.17) is 10.5 Å². The van der Waals surface area contributed by atoms with Crippen molar-refractivity contribution in [1.29, 1.82) is 0 Å². The second kappa shape index (κ2) is 8.61. The fourth-order valence-corrected chi connectivity index (χ4v) is 3.70. The monoisotopic (exact) mass is 395 g/mol. The lowest BCUT2D eigenvalue weighted by atomic mass is 9.98. The number of ether oxygens (including phenoxy) is 1. The standard InChI is InChI=1S/C22H26FN5O/c1-28-9-6-15(7-10-28)14-29-20-11-16(5-8-25-20)12-26-19-4-2-3-17-21(19)18(23)13-27-22(17)24/h2-5,8,11,13,15,26H,6-7,9-10,12,14H2,1H3,(H2,24,27). The minimum Gasteiger partial charge on any atom is -0.477 e. The third-order valence-electron chi connectivity index (χ3n) is 5.48. The molecule has 0 aliphatic carbocycles. The SMILES string of the molecule is CN1CCC(COc2cc(CNc3cccc4c(N)ncc(F)c34)ccn2)CC1. The van der Waals surface area contributed by atoms with E-state index in [0.29, 0.717) is 47.2 Å². The number of hydrogen-bond donors (Lipinski definition) is 2. The van der Waals surface area contributed by atoms with Crippen LogP contribution in [0.3, 0.4) is 0 Å². The summed E-state index contributed by atoms with van der Waals surface area (Å²) in [6, 6.07) is 9.30. The minimum absolute atomic E-state index is 0.318. The van der Waals surface area contributed by atoms with Gasteiger partial charge in [0.2, 0.25) is 5.88 Å². The van der Waals surface area contributed by atoms with Crippen LogP contribution in [0.15, 0.2) is 42.7 Å². The van der Waals surface area contributed by atoms with Crippen LogP contribution in [0.1, 0.15) is 18.4 Å². The van der Waals surface area contributed by atoms with Gasteiger partial charge in [0.25, 0.3) is 0 Å². The molecule has 1 aliphatic heterocycles. The Kier molecular flexibility index (Phi) is 5.76. The summed E-state index contributed by atoms with van der Waals surface area (Å²) < 4.78 is 20.3. The second-order valence-electron chi connectivity index (χ2n) is 7.63. The van der Waals surface area contributed by atoms with E-state index in [-0.39, 0.29) is 0 Å². The van der Waals surface area contributed by atoms with Gasteiger partial charge in [0.15, 0.2) is 5.82 Å². The summed E-state index contributed by atoms with van der Waals surface area (Å²) in [7, 11) is 2.15. The predicted molar refractivity (Wildman–Crippen MR) is 113 cm³/mol. The van der Waals surface area contributed by atoms with E-state index < -0.39 is 5.82 Å². The van der Waals surface area contributed by atoms with Crippen LogP contribution in [-0.4, -0.2) is 41.6 Å². The number of nitrogen functional groups attached to an aromatic ring is 1. The summed E-state index contributed by atoms with van der Waals surface area (Å²) >= 11 is 0. The Bertz CT molecular complexity index is 988. The highest BCUT2D eigenvalue weighted by atomic mass is 19.1. The lowest BCUT2D eigenvalue weighted by Gasteiger charge is -2.28. The number of aromatic nitrogens is 2. The lowest BCUT2D eigenvalue weighted by molar-refractivity contribution is 0.157. The van der Waals surface area contributed by atoms with Crippen LogP contribution in [-0.2, 0) is 6.54 Å². The Hall–Kier alpha value is -2.93. The largest absolute Gasteiger partial charge is 0.477 e. The lowest BCUT2D eigenvalue weighted by Crippen LogP contribution is -2.32. The predicted octanol–water partition coefficient (Wildman–Crippen LogP) is 3.68. The number of fused-ring (bicyclic) bond motifs is 1. The molecule has 152 valence electrons. The van der Waals surface area contributed by atoms with Crippen molar-refractivity contribution in [2.45, 2.75) is 19.4 Å². The number of pyridine rings is 2. The number of nitrogens with two attached hydrogens (primary N) is 1. The van der Waals surface area contributed by atoms with Crippen LogP contribution in [0.5, 0.6) is 5.88 Å². The van der Waals surface area contributed by atoms with Crippen LogP contribution < -0.4 is 15.8 Å². The molecular formula is C22H26FN5O. The number of nitrogens with zero attached hydrogens (tertiary/aromatic N) is 3. The Labute approximate surface area is 169 Å². The fourth-order valence-electron chi connectivity index (χ4n) is 3.70. The maximum Gasteiger partial charge on any atom is 0.213 e. The zero-order valence-electron chi connectivity index (χ0n) is 16.6. The molecule has 29 heavy (non-hydrogen) atoms. The number of nitrogens with one attached hydrogen (secondary N) is 1. The number of benzene rings is 1. The molecule has 3 aromatic rings. The van der Waals surface area contributed by atoms with E-state index in [1.165, 1.54) is 0 Å². The van der Waals surface area contributed by atoms with Crippen molar-refractivity contribution in [2.75, 3.05) is 37.8 Å². The number of anilines is 2. The molecule has 4 rings (SSSR count). The average molecular weight is 395 g/mol. The highest BCUT2D eigenvalue weighted by Gasteiger charge is 2.17. The Morgan fingerprint density at radius 1 is 1.24 bits per heavy atom. The van der Waals surface area contributed by atoms with Gasteiger partial charge in [0.05, 0.1) is 12.8 Å². The molecule has 1 aliphatic rings. The molecule has 0 unspecified atom stereocenters. The summed E-state index contributed by atoms with van der Waals surface area (Å²) in [6.45, 7) is 3.45. The van der Waals surface area contributed by atoms with Crippen molar-refractivity contribution in [3.8, 4) is 5.88 Å². The number of piperidine rings is 1. The van der Waals surface area contributed by atoms with Crippen LogP contribution in [0.4, 0.5) is 15.9 Å². The number of hydrogen-bond acceptors (Lipinski definition) is 6. The van der Waals surface area contributed by atoms with Crippen molar-refractivity contribution >= 4 is 22.3 Å². The van der Waals surface area contributed by atoms with Crippen molar-refractivity contribution in [3.63, 3.8) is 0 Å². The number of halogens is 1. The first-order valence-corrected chi connectivity index (χ1v) is 9.93. The highest BCUT2D eigenvalue weighted by Crippen LogP contribution is 2.29. The molecule has 0 radical (unpaired) electrons. The van der Waals surface area contributed by atoms with Crippen LogP contribution in [0, 0.1) is 11.7 Å². The molecule has 3 heterocycles. The smallest absolute Gasteiger partial charge is 0.213 e. The van der Waals surface area contributed by atoms with E-state index in [2.05, 4.69) is 27.2 Å². The van der Waals surface area contributed by atoms with Gasteiger partial charge >= 0.3 is 0 Å². The van der Waals surface area contributed by atoms with Gasteiger partial charge in [-0.05, 0) is 56.6 Å². The summed E-state index contributed by atoms with van der Waals surface area (Å²) in [6.07, 6.45) is 5.21. The van der Waals surface area contributed by atoms with Crippen LogP contribution in [0.2, 0.25) is 0 Å². The van der Waals surface area contributed by atoms with Crippen molar-refractivity contribution in [1.82, 2.24) is 14.9 Å². The summed E-state index contributed by atoms with van der Waals surface area (Å²) in [5.74, 6) is 1.13. The normalized spacial score (nSPS) is 15.5. The maximum atomic E-state index is 14.3. The molecule has 2 aromatic heterocycles. The maximum absolute atomic E-state index is 14.3. The minimum atomic E-state index is -0.394. The van der Waals surface area contributed by atoms with Gasteiger partial charge in [-0.15, -0.1) is 0 Å². The molecule has 1 saturated heterocycles. The first-order chi connectivity index (χ1) is 14.1. The van der Waals surface area contributed by atoms with Crippen molar-refractivity contribution in [2.24, 2.45) is 5.92 Å². The quantitative estimate of drug-likeness (QED) is 0.663. The average Bonchev–Trinajstić information content (AvgIpc) is 2.75. The Balaban J connectivity index is 1.41. The molecule has 1 aromatic carbocycles. The van der Waals surface area contributed by atoms with Gasteiger partial charge in [-0.2, -0.15) is 0 Å². The zero-order chi connectivity index (χ0) is 20.2. The molecular weight excluding hydrogens is 369 g/mol. The van der Waals surface area contributed by atoms with Gasteiger partial charge in [-0.1, -0.05) is 12.1 Å². The molecule has 0 atom stereocenters. The molecule has 7 heteroatoms. The number of rotatable bonds is 6. The topological polar surface area (TPSA) is 76.3 Å². The van der Waals surface area contributed by atoms with Crippen molar-refractivity contribution < 1.29 is 9.13 Å². The van der Waals surface area contributed by atoms with Gasteiger partial charge < -0.3 is 20.7 Å². The first-order valence-electron chi connectivity index (χ1n) is 9.93. The van der Waals surface area contributed by atoms with Gasteiger partial charge in [-0.3, -0.25) is 0 Å². The number of likely N-dealkylation sites (tertiary alicyclic amines) is 1. The van der Waals surface area contributed by atoms with Gasteiger partial charge in [0.1, 0.15) is 5.82 Å². The summed E-state index contributed by atoms with van der Waals surface area (Å²) in [4.78, 5) is 10.6. The van der Waals surface area contributed by atoms with Gasteiger partial charge in [0, 0.05) is 35.3 Å². The zero-order valence-corrected chi connectivity index (χ0v) is 16.6. The third-order valence-corrected chi connectivity index (χ3v) is 5.48. The molecule has 0 saturated carbocycles. The van der Waals surface area contributed by atoms with Gasteiger partial charge in [-0.25, -0.2) is 14.4 Å². The van der Waals surface area contributed by atoms with E-state index in [1.807, 2.05) is 24.3 Å². The molecule has 3 N–H and O–H groups in total. The van der Waals surface area contributed by atoms with E-state index in [0.717, 1.165) is 37.7 Å². The first kappa shape index (κ1) is 19.4. The summed E-state index contributed by atoms with van der Waals surface area (Å²) in [5.41, 5.74) is 7.58. The van der Waals surface area contributed by atoms with Crippen molar-refractivity contribution in [3.05, 3.63) is 54.1 Å². The van der Waals surface area contributed by atoms with E-state index in [9.17, 15) is 4.39 Å². The fraction of sp³-hybridized carbons (Fsp3) is 0.364. The van der Waals surface area contributed by atoms with Crippen LogP contribution >= 0.6 is 0 Å². The third kappa shape index (κ3) is 4.56. The molecule has 0 amide bonds. The molecule has 0 bridgehead atoms.